The van der Waals surface area contributed by atoms with E-state index < -0.39 is 0 Å². The van der Waals surface area contributed by atoms with E-state index >= 15 is 0 Å². The predicted octanol–water partition coefficient (Wildman–Crippen LogP) is 2.08. The molecule has 1 amide bonds. The van der Waals surface area contributed by atoms with Crippen LogP contribution in [0.3, 0.4) is 0 Å². The van der Waals surface area contributed by atoms with Crippen LogP contribution in [-0.4, -0.2) is 28.3 Å². The Balaban J connectivity index is 1.65. The number of nitrogens with one attached hydrogen (secondary N) is 1. The molecule has 0 spiro atoms. The van der Waals surface area contributed by atoms with E-state index in [2.05, 4.69) is 10.4 Å². The van der Waals surface area contributed by atoms with Crippen LogP contribution in [0.2, 0.25) is 0 Å². The van der Waals surface area contributed by atoms with E-state index in [4.69, 9.17) is 9.15 Å². The van der Waals surface area contributed by atoms with Crippen LogP contribution in [0.5, 0.6) is 0 Å². The molecular formula is C16H21N3O3. The van der Waals surface area contributed by atoms with E-state index in [1.807, 2.05) is 24.0 Å². The highest BCUT2D eigenvalue weighted by Gasteiger charge is 2.29. The molecule has 6 nitrogen and oxygen atoms in total. The minimum Gasteiger partial charge on any atom is -0.469 e. The normalized spacial score (nSPS) is 21.7. The van der Waals surface area contributed by atoms with E-state index in [-0.39, 0.29) is 24.5 Å². The second-order valence-corrected chi connectivity index (χ2v) is 5.49. The number of aromatic nitrogens is 2. The predicted molar refractivity (Wildman–Crippen MR) is 80.2 cm³/mol. The summed E-state index contributed by atoms with van der Waals surface area (Å²) in [5.74, 6) is 0.628. The lowest BCUT2D eigenvalue weighted by molar-refractivity contribution is -0.123. The van der Waals surface area contributed by atoms with Crippen molar-refractivity contribution in [1.82, 2.24) is 15.1 Å². The molecule has 6 heteroatoms. The molecule has 0 aliphatic carbocycles. The minimum atomic E-state index is -0.130. The molecule has 0 aromatic carbocycles. The van der Waals surface area contributed by atoms with Crippen molar-refractivity contribution in [3.05, 3.63) is 42.1 Å². The van der Waals surface area contributed by atoms with Crippen LogP contribution in [0.25, 0.3) is 0 Å². The number of aryl methyl sites for hydroxylation is 1. The Bertz CT molecular complexity index is 606. The molecule has 1 N–H and O–H groups in total. The molecule has 22 heavy (non-hydrogen) atoms. The van der Waals surface area contributed by atoms with Gasteiger partial charge in [-0.05, 0) is 31.9 Å². The average Bonchev–Trinajstić information content (AvgIpc) is 3.19. The van der Waals surface area contributed by atoms with Gasteiger partial charge in [0.15, 0.2) is 0 Å². The Morgan fingerprint density at radius 3 is 3.18 bits per heavy atom. The van der Waals surface area contributed by atoms with Gasteiger partial charge >= 0.3 is 0 Å². The highest BCUT2D eigenvalue weighted by Crippen LogP contribution is 2.28. The van der Waals surface area contributed by atoms with Gasteiger partial charge < -0.3 is 14.5 Å². The number of rotatable bonds is 5. The Labute approximate surface area is 129 Å². The summed E-state index contributed by atoms with van der Waals surface area (Å²) in [6, 6.07) is 3.57. The van der Waals surface area contributed by atoms with Gasteiger partial charge in [0.1, 0.15) is 11.9 Å². The number of amides is 1. The molecule has 3 rings (SSSR count). The number of carbonyl (C=O) groups is 1. The van der Waals surface area contributed by atoms with Gasteiger partial charge in [0.05, 0.1) is 24.9 Å². The molecule has 1 aliphatic rings. The molecule has 2 aromatic heterocycles. The van der Waals surface area contributed by atoms with Gasteiger partial charge in [0, 0.05) is 24.9 Å². The van der Waals surface area contributed by atoms with Gasteiger partial charge in [-0.2, -0.15) is 5.10 Å². The summed E-state index contributed by atoms with van der Waals surface area (Å²) in [5, 5.41) is 7.37. The zero-order valence-corrected chi connectivity index (χ0v) is 12.7. The van der Waals surface area contributed by atoms with Crippen molar-refractivity contribution in [1.29, 1.82) is 0 Å². The van der Waals surface area contributed by atoms with Crippen LogP contribution in [0.15, 0.2) is 35.2 Å². The smallest absolute Gasteiger partial charge is 0.227 e. The summed E-state index contributed by atoms with van der Waals surface area (Å²) in [5.41, 5.74) is 1.02. The number of furan rings is 1. The lowest BCUT2D eigenvalue weighted by atomic mass is 9.98. The van der Waals surface area contributed by atoms with Crippen molar-refractivity contribution in [2.24, 2.45) is 0 Å². The highest BCUT2D eigenvalue weighted by molar-refractivity contribution is 5.78. The molecule has 2 atom stereocenters. The summed E-state index contributed by atoms with van der Waals surface area (Å²) in [7, 11) is 0. The van der Waals surface area contributed by atoms with Gasteiger partial charge in [-0.15, -0.1) is 0 Å². The van der Waals surface area contributed by atoms with E-state index in [1.165, 1.54) is 0 Å². The first kappa shape index (κ1) is 14.8. The number of carbonyl (C=O) groups excluding carboxylic acids is 1. The third-order valence-corrected chi connectivity index (χ3v) is 3.89. The summed E-state index contributed by atoms with van der Waals surface area (Å²) in [6.07, 6.45) is 7.37. The first-order valence-electron chi connectivity index (χ1n) is 7.72. The largest absolute Gasteiger partial charge is 0.469 e. The number of hydrogen-bond acceptors (Lipinski definition) is 4. The molecule has 1 fully saturated rings. The summed E-state index contributed by atoms with van der Waals surface area (Å²) < 4.78 is 13.0. The molecule has 2 aromatic rings. The van der Waals surface area contributed by atoms with Crippen molar-refractivity contribution in [3.8, 4) is 0 Å². The molecule has 3 heterocycles. The first-order chi connectivity index (χ1) is 10.8. The number of ether oxygens (including phenoxy) is 1. The average molecular weight is 303 g/mol. The van der Waals surface area contributed by atoms with Crippen molar-refractivity contribution in [2.45, 2.75) is 44.9 Å². The van der Waals surface area contributed by atoms with Gasteiger partial charge in [-0.25, -0.2) is 0 Å². The van der Waals surface area contributed by atoms with E-state index in [0.717, 1.165) is 24.9 Å². The standard InChI is InChI=1S/C16H21N3O3/c1-2-19-11-12(10-17-19)16-14(6-4-8-22-16)18-15(20)9-13-5-3-7-21-13/h3,5,7,10-11,14,16H,2,4,6,8-9H2,1H3,(H,18,20)/t14-,16+/m1/s1. The Morgan fingerprint density at radius 2 is 2.45 bits per heavy atom. The van der Waals surface area contributed by atoms with Gasteiger partial charge in [-0.1, -0.05) is 0 Å². The van der Waals surface area contributed by atoms with Gasteiger partial charge in [0.25, 0.3) is 0 Å². The third-order valence-electron chi connectivity index (χ3n) is 3.89. The molecule has 0 radical (unpaired) electrons. The third kappa shape index (κ3) is 3.39. The molecule has 0 unspecified atom stereocenters. The number of hydrogen-bond donors (Lipinski definition) is 1. The molecule has 0 saturated carbocycles. The maximum atomic E-state index is 12.2. The van der Waals surface area contributed by atoms with Gasteiger partial charge in [0.2, 0.25) is 5.91 Å². The Kier molecular flexibility index (Phi) is 4.58. The molecular weight excluding hydrogens is 282 g/mol. The van der Waals surface area contributed by atoms with Crippen LogP contribution < -0.4 is 5.32 Å². The minimum absolute atomic E-state index is 0.0225. The topological polar surface area (TPSA) is 69.3 Å². The fourth-order valence-electron chi connectivity index (χ4n) is 2.79. The first-order valence-corrected chi connectivity index (χ1v) is 7.72. The van der Waals surface area contributed by atoms with Crippen molar-refractivity contribution in [2.75, 3.05) is 6.61 Å². The van der Waals surface area contributed by atoms with Crippen molar-refractivity contribution >= 4 is 5.91 Å². The van der Waals surface area contributed by atoms with Gasteiger partial charge in [-0.3, -0.25) is 9.48 Å². The SMILES string of the molecule is CCn1cc([C@@H]2OCCC[C@H]2NC(=O)Cc2ccco2)cn1. The van der Waals surface area contributed by atoms with Crippen LogP contribution in [0.4, 0.5) is 0 Å². The number of nitrogens with zero attached hydrogens (tertiary/aromatic N) is 2. The summed E-state index contributed by atoms with van der Waals surface area (Å²) in [4.78, 5) is 12.2. The van der Waals surface area contributed by atoms with E-state index in [0.29, 0.717) is 12.4 Å². The second-order valence-electron chi connectivity index (χ2n) is 5.49. The van der Waals surface area contributed by atoms with Crippen molar-refractivity contribution in [3.63, 3.8) is 0 Å². The second kappa shape index (κ2) is 6.79. The van der Waals surface area contributed by atoms with Crippen LogP contribution in [-0.2, 0) is 22.5 Å². The maximum absolute atomic E-state index is 12.2. The van der Waals surface area contributed by atoms with Crippen LogP contribution in [0, 0.1) is 0 Å². The van der Waals surface area contributed by atoms with Crippen LogP contribution in [0.1, 0.15) is 37.2 Å². The summed E-state index contributed by atoms with van der Waals surface area (Å²) in [6.45, 7) is 3.58. The Morgan fingerprint density at radius 1 is 1.55 bits per heavy atom. The zero-order chi connectivity index (χ0) is 15.4. The molecule has 118 valence electrons. The molecule has 1 saturated heterocycles. The van der Waals surface area contributed by atoms with E-state index in [9.17, 15) is 4.79 Å². The molecule has 0 bridgehead atoms. The Hall–Kier alpha value is -2.08. The van der Waals surface area contributed by atoms with E-state index in [1.54, 1.807) is 18.4 Å². The highest BCUT2D eigenvalue weighted by atomic mass is 16.5. The van der Waals surface area contributed by atoms with Crippen molar-refractivity contribution < 1.29 is 13.9 Å². The summed E-state index contributed by atoms with van der Waals surface area (Å²) >= 11 is 0. The quantitative estimate of drug-likeness (QED) is 0.918. The fourth-order valence-corrected chi connectivity index (χ4v) is 2.79. The lowest BCUT2D eigenvalue weighted by Gasteiger charge is -2.31. The zero-order valence-electron chi connectivity index (χ0n) is 12.7. The molecule has 1 aliphatic heterocycles. The lowest BCUT2D eigenvalue weighted by Crippen LogP contribution is -2.43. The van der Waals surface area contributed by atoms with Crippen LogP contribution >= 0.6 is 0 Å². The maximum Gasteiger partial charge on any atom is 0.227 e. The fraction of sp³-hybridized carbons (Fsp3) is 0.500. The monoisotopic (exact) mass is 303 g/mol.